The third kappa shape index (κ3) is 2.46. The van der Waals surface area contributed by atoms with E-state index in [9.17, 15) is 0 Å². The highest BCUT2D eigenvalue weighted by Crippen LogP contribution is 2.40. The summed E-state index contributed by atoms with van der Waals surface area (Å²) in [5.41, 5.74) is 2.41. The van der Waals surface area contributed by atoms with Gasteiger partial charge in [0.05, 0.1) is 6.61 Å². The van der Waals surface area contributed by atoms with Crippen LogP contribution < -0.4 is 10.0 Å². The summed E-state index contributed by atoms with van der Waals surface area (Å²) >= 11 is 0. The molecule has 118 valence electrons. The average Bonchev–Trinajstić information content (AvgIpc) is 2.62. The molecule has 4 aromatic rings. The quantitative estimate of drug-likeness (QED) is 0.447. The van der Waals surface area contributed by atoms with Crippen molar-refractivity contribution < 1.29 is 4.74 Å². The fourth-order valence-electron chi connectivity index (χ4n) is 3.35. The van der Waals surface area contributed by atoms with Crippen LogP contribution in [0.3, 0.4) is 0 Å². The van der Waals surface area contributed by atoms with Crippen LogP contribution in [0.25, 0.3) is 32.7 Å². The monoisotopic (exact) mass is 330 g/mol. The van der Waals surface area contributed by atoms with Crippen LogP contribution in [0.5, 0.6) is 5.75 Å². The third-order valence-corrected chi connectivity index (χ3v) is 4.88. The van der Waals surface area contributed by atoms with Crippen LogP contribution in [0.4, 0.5) is 0 Å². The summed E-state index contributed by atoms with van der Waals surface area (Å²) in [5.74, 6) is 0.941. The standard InChI is InChI=1S/C22H19OP/c1-2-23-19-13-11-15-7-3-5-9-17(15)21(19)22-18-10-6-4-8-16(18)12-14-20(22)24/h3-14H,2,24H2,1H3. The Bertz CT molecular complexity index is 1040. The molecular weight excluding hydrogens is 311 g/mol. The zero-order valence-electron chi connectivity index (χ0n) is 13.6. The second kappa shape index (κ2) is 6.26. The third-order valence-electron chi connectivity index (χ3n) is 4.40. The molecule has 0 saturated carbocycles. The number of fused-ring (bicyclic) bond motifs is 2. The number of benzene rings is 4. The lowest BCUT2D eigenvalue weighted by atomic mass is 9.93. The molecule has 0 aliphatic heterocycles. The van der Waals surface area contributed by atoms with Crippen LogP contribution in [0, 0.1) is 0 Å². The summed E-state index contributed by atoms with van der Waals surface area (Å²) in [6, 6.07) is 25.6. The molecule has 24 heavy (non-hydrogen) atoms. The van der Waals surface area contributed by atoms with E-state index in [2.05, 4.69) is 82.0 Å². The van der Waals surface area contributed by atoms with Gasteiger partial charge >= 0.3 is 0 Å². The Morgan fingerprint density at radius 2 is 1.29 bits per heavy atom. The number of hydrogen-bond donors (Lipinski definition) is 0. The first-order chi connectivity index (χ1) is 11.8. The van der Waals surface area contributed by atoms with Crippen molar-refractivity contribution >= 4 is 36.1 Å². The molecule has 0 spiro atoms. The molecule has 0 aliphatic carbocycles. The first-order valence-electron chi connectivity index (χ1n) is 8.21. The van der Waals surface area contributed by atoms with Gasteiger partial charge in [-0.1, -0.05) is 66.7 Å². The lowest BCUT2D eigenvalue weighted by molar-refractivity contribution is 0.342. The van der Waals surface area contributed by atoms with Crippen molar-refractivity contribution in [3.8, 4) is 16.9 Å². The van der Waals surface area contributed by atoms with E-state index in [0.717, 1.165) is 5.75 Å². The predicted octanol–water partition coefficient (Wildman–Crippen LogP) is 5.56. The first kappa shape index (κ1) is 15.2. The van der Waals surface area contributed by atoms with Crippen molar-refractivity contribution in [1.29, 1.82) is 0 Å². The van der Waals surface area contributed by atoms with Crippen molar-refractivity contribution in [2.24, 2.45) is 0 Å². The van der Waals surface area contributed by atoms with E-state index < -0.39 is 0 Å². The van der Waals surface area contributed by atoms with E-state index in [1.165, 1.54) is 38.0 Å². The SMILES string of the molecule is CCOc1ccc2ccccc2c1-c1c(P)ccc2ccccc12. The molecule has 1 unspecified atom stereocenters. The van der Waals surface area contributed by atoms with Crippen LogP contribution in [-0.4, -0.2) is 6.61 Å². The maximum atomic E-state index is 5.99. The Labute approximate surface area is 144 Å². The highest BCUT2D eigenvalue weighted by atomic mass is 31.0. The van der Waals surface area contributed by atoms with Crippen LogP contribution in [0.2, 0.25) is 0 Å². The molecule has 4 rings (SSSR count). The Morgan fingerprint density at radius 3 is 1.96 bits per heavy atom. The molecule has 2 heteroatoms. The summed E-state index contributed by atoms with van der Waals surface area (Å²) in [6.07, 6.45) is 0. The summed E-state index contributed by atoms with van der Waals surface area (Å²) in [4.78, 5) is 0. The van der Waals surface area contributed by atoms with Gasteiger partial charge in [0.2, 0.25) is 0 Å². The molecule has 0 amide bonds. The van der Waals surface area contributed by atoms with Gasteiger partial charge in [-0.15, -0.1) is 9.24 Å². The lowest BCUT2D eigenvalue weighted by Gasteiger charge is -2.17. The zero-order chi connectivity index (χ0) is 16.5. The van der Waals surface area contributed by atoms with Gasteiger partial charge in [-0.3, -0.25) is 0 Å². The zero-order valence-corrected chi connectivity index (χ0v) is 14.8. The van der Waals surface area contributed by atoms with Gasteiger partial charge in [-0.05, 0) is 39.8 Å². The molecule has 1 nitrogen and oxygen atoms in total. The average molecular weight is 330 g/mol. The van der Waals surface area contributed by atoms with E-state index in [4.69, 9.17) is 4.74 Å². The molecule has 0 aliphatic rings. The summed E-state index contributed by atoms with van der Waals surface area (Å²) in [6.45, 7) is 2.69. The molecule has 0 radical (unpaired) electrons. The van der Waals surface area contributed by atoms with E-state index in [0.29, 0.717) is 6.61 Å². The Balaban J connectivity index is 2.17. The highest BCUT2D eigenvalue weighted by Gasteiger charge is 2.15. The van der Waals surface area contributed by atoms with E-state index in [1.807, 2.05) is 6.92 Å². The second-order valence-electron chi connectivity index (χ2n) is 5.84. The van der Waals surface area contributed by atoms with Crippen molar-refractivity contribution in [3.05, 3.63) is 72.8 Å². The smallest absolute Gasteiger partial charge is 0.127 e. The molecule has 4 aromatic carbocycles. The lowest BCUT2D eigenvalue weighted by Crippen LogP contribution is -2.02. The Hall–Kier alpha value is -2.37. The fraction of sp³-hybridized carbons (Fsp3) is 0.0909. The van der Waals surface area contributed by atoms with Gasteiger partial charge in [0.1, 0.15) is 5.75 Å². The van der Waals surface area contributed by atoms with Crippen molar-refractivity contribution in [2.45, 2.75) is 6.92 Å². The molecule has 0 saturated heterocycles. The van der Waals surface area contributed by atoms with E-state index in [1.54, 1.807) is 0 Å². The summed E-state index contributed by atoms with van der Waals surface area (Å²) in [5, 5.41) is 6.14. The van der Waals surface area contributed by atoms with Gasteiger partial charge in [-0.2, -0.15) is 0 Å². The number of hydrogen-bond acceptors (Lipinski definition) is 1. The minimum absolute atomic E-state index is 0.655. The maximum absolute atomic E-state index is 5.99. The Morgan fingerprint density at radius 1 is 0.708 bits per heavy atom. The van der Waals surface area contributed by atoms with Crippen molar-refractivity contribution in [2.75, 3.05) is 6.61 Å². The van der Waals surface area contributed by atoms with Crippen LogP contribution in [0.15, 0.2) is 72.8 Å². The van der Waals surface area contributed by atoms with Crippen molar-refractivity contribution in [1.82, 2.24) is 0 Å². The van der Waals surface area contributed by atoms with Crippen molar-refractivity contribution in [3.63, 3.8) is 0 Å². The van der Waals surface area contributed by atoms with Gasteiger partial charge in [-0.25, -0.2) is 0 Å². The second-order valence-corrected chi connectivity index (χ2v) is 6.47. The molecule has 0 fully saturated rings. The summed E-state index contributed by atoms with van der Waals surface area (Å²) in [7, 11) is 2.89. The molecule has 0 N–H and O–H groups in total. The van der Waals surface area contributed by atoms with Crippen LogP contribution in [0.1, 0.15) is 6.92 Å². The van der Waals surface area contributed by atoms with Crippen LogP contribution in [-0.2, 0) is 0 Å². The van der Waals surface area contributed by atoms with Gasteiger partial charge < -0.3 is 4.74 Å². The van der Waals surface area contributed by atoms with E-state index >= 15 is 0 Å². The molecule has 0 aromatic heterocycles. The molecule has 1 atom stereocenters. The predicted molar refractivity (Wildman–Crippen MR) is 107 cm³/mol. The van der Waals surface area contributed by atoms with E-state index in [-0.39, 0.29) is 0 Å². The highest BCUT2D eigenvalue weighted by molar-refractivity contribution is 7.28. The largest absolute Gasteiger partial charge is 0.493 e. The fourth-order valence-corrected chi connectivity index (χ4v) is 3.75. The minimum atomic E-state index is 0.655. The topological polar surface area (TPSA) is 9.23 Å². The van der Waals surface area contributed by atoms with Gasteiger partial charge in [0.15, 0.2) is 0 Å². The normalized spacial score (nSPS) is 11.1. The number of rotatable bonds is 3. The minimum Gasteiger partial charge on any atom is -0.493 e. The van der Waals surface area contributed by atoms with Gasteiger partial charge in [0, 0.05) is 11.1 Å². The Kier molecular flexibility index (Phi) is 3.96. The maximum Gasteiger partial charge on any atom is 0.127 e. The molecule has 0 heterocycles. The summed E-state index contributed by atoms with van der Waals surface area (Å²) < 4.78 is 5.99. The number of ether oxygens (including phenoxy) is 1. The molecular formula is C22H19OP. The van der Waals surface area contributed by atoms with Crippen LogP contribution >= 0.6 is 9.24 Å². The van der Waals surface area contributed by atoms with Gasteiger partial charge in [0.25, 0.3) is 0 Å². The first-order valence-corrected chi connectivity index (χ1v) is 8.79. The molecule has 0 bridgehead atoms.